The van der Waals surface area contributed by atoms with Crippen molar-refractivity contribution < 1.29 is 22.7 Å². The van der Waals surface area contributed by atoms with E-state index in [4.69, 9.17) is 4.74 Å². The van der Waals surface area contributed by atoms with E-state index >= 15 is 0 Å². The first-order chi connectivity index (χ1) is 16.8. The van der Waals surface area contributed by atoms with Crippen molar-refractivity contribution in [1.82, 2.24) is 9.80 Å². The average molecular weight is 489 g/mol. The molecule has 1 aliphatic rings. The van der Waals surface area contributed by atoms with E-state index in [0.29, 0.717) is 18.1 Å². The quantitative estimate of drug-likeness (QED) is 0.334. The Balaban J connectivity index is 1.76. The Hall–Kier alpha value is -3.17. The SMILES string of the molecule is CN=C(c1ccccc1)N(CCCN1CCOCC1)/C(C)=C/C(=O)Nc1cccc(C(F)(F)F)c1. The van der Waals surface area contributed by atoms with Crippen molar-refractivity contribution in [3.63, 3.8) is 0 Å². The van der Waals surface area contributed by atoms with Gasteiger partial charge in [0.2, 0.25) is 5.91 Å². The third-order valence-corrected chi connectivity index (χ3v) is 5.68. The maximum Gasteiger partial charge on any atom is 0.416 e. The predicted octanol–water partition coefficient (Wildman–Crippen LogP) is 4.65. The fourth-order valence-electron chi connectivity index (χ4n) is 3.94. The molecule has 0 bridgehead atoms. The van der Waals surface area contributed by atoms with Crippen molar-refractivity contribution >= 4 is 17.4 Å². The summed E-state index contributed by atoms with van der Waals surface area (Å²) in [4.78, 5) is 21.5. The summed E-state index contributed by atoms with van der Waals surface area (Å²) in [6, 6.07) is 14.3. The molecule has 2 aromatic carbocycles. The highest BCUT2D eigenvalue weighted by Crippen LogP contribution is 2.30. The van der Waals surface area contributed by atoms with Gasteiger partial charge in [-0.1, -0.05) is 36.4 Å². The van der Waals surface area contributed by atoms with Crippen LogP contribution in [-0.4, -0.2) is 68.0 Å². The number of alkyl halides is 3. The van der Waals surface area contributed by atoms with E-state index in [1.54, 1.807) is 14.0 Å². The van der Waals surface area contributed by atoms with Gasteiger partial charge < -0.3 is 15.0 Å². The van der Waals surface area contributed by atoms with Gasteiger partial charge in [0.05, 0.1) is 18.8 Å². The summed E-state index contributed by atoms with van der Waals surface area (Å²) in [5.41, 5.74) is 0.818. The molecule has 188 valence electrons. The molecule has 3 rings (SSSR count). The molecule has 0 aliphatic carbocycles. The molecule has 2 aromatic rings. The lowest BCUT2D eigenvalue weighted by molar-refractivity contribution is -0.137. The number of allylic oxidation sites excluding steroid dienone is 1. The molecule has 1 fully saturated rings. The number of aliphatic imine (C=N–C) groups is 1. The summed E-state index contributed by atoms with van der Waals surface area (Å²) in [5.74, 6) is 0.205. The second-order valence-corrected chi connectivity index (χ2v) is 8.23. The molecule has 0 spiro atoms. The normalized spacial score (nSPS) is 15.7. The third kappa shape index (κ3) is 7.93. The number of ether oxygens (including phenoxy) is 1. The first kappa shape index (κ1) is 26.4. The summed E-state index contributed by atoms with van der Waals surface area (Å²) in [7, 11) is 1.70. The summed E-state index contributed by atoms with van der Waals surface area (Å²) >= 11 is 0. The van der Waals surface area contributed by atoms with Gasteiger partial charge in [-0.05, 0) is 31.5 Å². The number of hydrogen-bond acceptors (Lipinski definition) is 4. The lowest BCUT2D eigenvalue weighted by Gasteiger charge is -2.30. The van der Waals surface area contributed by atoms with Gasteiger partial charge in [0.25, 0.3) is 0 Å². The monoisotopic (exact) mass is 488 g/mol. The number of morpholine rings is 1. The highest BCUT2D eigenvalue weighted by atomic mass is 19.4. The first-order valence-corrected chi connectivity index (χ1v) is 11.5. The lowest BCUT2D eigenvalue weighted by Crippen LogP contribution is -2.39. The van der Waals surface area contributed by atoms with Crippen LogP contribution >= 0.6 is 0 Å². The molecule has 0 radical (unpaired) electrons. The van der Waals surface area contributed by atoms with Crippen molar-refractivity contribution in [2.75, 3.05) is 51.8 Å². The molecular formula is C26H31F3N4O2. The van der Waals surface area contributed by atoms with Crippen LogP contribution in [0.25, 0.3) is 0 Å². The second kappa shape index (κ2) is 12.5. The maximum atomic E-state index is 13.0. The molecule has 1 N–H and O–H groups in total. The zero-order valence-corrected chi connectivity index (χ0v) is 20.0. The first-order valence-electron chi connectivity index (χ1n) is 11.5. The fraction of sp³-hybridized carbons (Fsp3) is 0.385. The van der Waals surface area contributed by atoms with Crippen LogP contribution < -0.4 is 5.32 Å². The Bertz CT molecular complexity index is 1030. The predicted molar refractivity (Wildman–Crippen MR) is 131 cm³/mol. The van der Waals surface area contributed by atoms with Gasteiger partial charge in [-0.2, -0.15) is 13.2 Å². The Morgan fingerprint density at radius 1 is 1.14 bits per heavy atom. The molecule has 0 atom stereocenters. The fourth-order valence-corrected chi connectivity index (χ4v) is 3.94. The number of benzene rings is 2. The minimum Gasteiger partial charge on any atom is -0.379 e. The number of amides is 1. The second-order valence-electron chi connectivity index (χ2n) is 8.23. The highest BCUT2D eigenvalue weighted by Gasteiger charge is 2.30. The Labute approximate surface area is 204 Å². The van der Waals surface area contributed by atoms with Crippen LogP contribution in [0.5, 0.6) is 0 Å². The van der Waals surface area contributed by atoms with E-state index in [0.717, 1.165) is 57.0 Å². The van der Waals surface area contributed by atoms with Gasteiger partial charge in [0.1, 0.15) is 5.84 Å². The van der Waals surface area contributed by atoms with Crippen molar-refractivity contribution in [2.24, 2.45) is 4.99 Å². The molecule has 1 heterocycles. The van der Waals surface area contributed by atoms with Crippen LogP contribution in [0.2, 0.25) is 0 Å². The van der Waals surface area contributed by atoms with Gasteiger partial charge in [-0.25, -0.2) is 0 Å². The van der Waals surface area contributed by atoms with Crippen LogP contribution in [0.1, 0.15) is 24.5 Å². The van der Waals surface area contributed by atoms with Gasteiger partial charge in [0.15, 0.2) is 0 Å². The smallest absolute Gasteiger partial charge is 0.379 e. The summed E-state index contributed by atoms with van der Waals surface area (Å²) in [6.07, 6.45) is -2.25. The van der Waals surface area contributed by atoms with E-state index in [9.17, 15) is 18.0 Å². The molecule has 0 aromatic heterocycles. The molecule has 1 aliphatic heterocycles. The standard InChI is InChI=1S/C26H31F3N4O2/c1-20(18-24(34)31-23-11-6-10-22(19-23)26(27,28)29)33(13-7-12-32-14-16-35-17-15-32)25(30-2)21-8-4-3-5-9-21/h3-6,8-11,18-19H,7,12-17H2,1-2H3,(H,31,34)/b20-18+,30-25?. The molecule has 0 unspecified atom stereocenters. The van der Waals surface area contributed by atoms with Crippen molar-refractivity contribution in [1.29, 1.82) is 0 Å². The Morgan fingerprint density at radius 2 is 1.86 bits per heavy atom. The molecule has 9 heteroatoms. The number of rotatable bonds is 8. The topological polar surface area (TPSA) is 57.2 Å². The van der Waals surface area contributed by atoms with Crippen LogP contribution in [0.15, 0.2) is 71.4 Å². The van der Waals surface area contributed by atoms with Gasteiger partial charge >= 0.3 is 6.18 Å². The summed E-state index contributed by atoms with van der Waals surface area (Å²) in [5, 5.41) is 2.54. The van der Waals surface area contributed by atoms with E-state index in [2.05, 4.69) is 15.2 Å². The number of carbonyl (C=O) groups is 1. The average Bonchev–Trinajstić information content (AvgIpc) is 2.84. The number of nitrogens with one attached hydrogen (secondary N) is 1. The van der Waals surface area contributed by atoms with E-state index in [1.165, 1.54) is 18.2 Å². The molecule has 0 saturated carbocycles. The lowest BCUT2D eigenvalue weighted by atomic mass is 10.1. The van der Waals surface area contributed by atoms with E-state index < -0.39 is 17.6 Å². The van der Waals surface area contributed by atoms with Crippen molar-refractivity contribution in [3.05, 3.63) is 77.5 Å². The van der Waals surface area contributed by atoms with Crippen LogP contribution in [0.4, 0.5) is 18.9 Å². The number of halogens is 3. The number of nitrogens with zero attached hydrogens (tertiary/aromatic N) is 3. The largest absolute Gasteiger partial charge is 0.416 e. The third-order valence-electron chi connectivity index (χ3n) is 5.68. The molecule has 1 amide bonds. The van der Waals surface area contributed by atoms with Crippen LogP contribution in [0, 0.1) is 0 Å². The van der Waals surface area contributed by atoms with Crippen LogP contribution in [-0.2, 0) is 15.7 Å². The summed E-state index contributed by atoms with van der Waals surface area (Å²) < 4.78 is 44.4. The van der Waals surface area contributed by atoms with Crippen molar-refractivity contribution in [2.45, 2.75) is 19.5 Å². The van der Waals surface area contributed by atoms with Gasteiger partial charge in [-0.15, -0.1) is 0 Å². The highest BCUT2D eigenvalue weighted by molar-refractivity contribution is 6.02. The maximum absolute atomic E-state index is 13.0. The van der Waals surface area contributed by atoms with Gasteiger partial charge in [0, 0.05) is 56.3 Å². The van der Waals surface area contributed by atoms with E-state index in [-0.39, 0.29) is 5.69 Å². The Kier molecular flexibility index (Phi) is 9.45. The number of hydrogen-bond donors (Lipinski definition) is 1. The zero-order valence-electron chi connectivity index (χ0n) is 20.0. The molecular weight excluding hydrogens is 457 g/mol. The Morgan fingerprint density at radius 3 is 2.51 bits per heavy atom. The number of anilines is 1. The zero-order chi connectivity index (χ0) is 25.3. The minimum atomic E-state index is -4.48. The van der Waals surface area contributed by atoms with E-state index in [1.807, 2.05) is 35.2 Å². The summed E-state index contributed by atoms with van der Waals surface area (Å²) in [6.45, 7) is 6.54. The van der Waals surface area contributed by atoms with Crippen LogP contribution in [0.3, 0.4) is 0 Å². The molecule has 6 nitrogen and oxygen atoms in total. The van der Waals surface area contributed by atoms with Crippen molar-refractivity contribution in [3.8, 4) is 0 Å². The molecule has 35 heavy (non-hydrogen) atoms. The molecule has 1 saturated heterocycles. The minimum absolute atomic E-state index is 0.0835. The number of carbonyl (C=O) groups excluding carboxylic acids is 1. The number of amidine groups is 1. The van der Waals surface area contributed by atoms with Gasteiger partial charge in [-0.3, -0.25) is 14.7 Å².